The van der Waals surface area contributed by atoms with Crippen LogP contribution in [-0.2, 0) is 6.42 Å². The van der Waals surface area contributed by atoms with Gasteiger partial charge in [0.25, 0.3) is 5.91 Å². The van der Waals surface area contributed by atoms with Crippen LogP contribution in [0.5, 0.6) is 0 Å². The molecule has 158 valence electrons. The number of carbonyl (C=O) groups excluding carboxylic acids is 2. The van der Waals surface area contributed by atoms with E-state index in [1.54, 1.807) is 10.7 Å². The summed E-state index contributed by atoms with van der Waals surface area (Å²) in [6, 6.07) is 23.4. The second kappa shape index (κ2) is 7.93. The molecule has 1 aliphatic heterocycles. The average Bonchev–Trinajstić information content (AvgIpc) is 3.17. The van der Waals surface area contributed by atoms with Crippen molar-refractivity contribution in [1.82, 2.24) is 9.78 Å². The lowest BCUT2D eigenvalue weighted by atomic mass is 9.99. The second-order valence-corrected chi connectivity index (χ2v) is 8.12. The van der Waals surface area contributed by atoms with Gasteiger partial charge in [0, 0.05) is 23.4 Å². The number of aldehydes is 1. The molecule has 0 fully saturated rings. The van der Waals surface area contributed by atoms with E-state index in [0.29, 0.717) is 17.8 Å². The third kappa shape index (κ3) is 3.32. The minimum absolute atomic E-state index is 0.0477. The van der Waals surface area contributed by atoms with E-state index >= 15 is 0 Å². The maximum absolute atomic E-state index is 13.6. The van der Waals surface area contributed by atoms with E-state index in [9.17, 15) is 9.59 Å². The van der Waals surface area contributed by atoms with Crippen molar-refractivity contribution < 1.29 is 9.59 Å². The molecular formula is C27H23N3O2. The third-order valence-corrected chi connectivity index (χ3v) is 6.07. The van der Waals surface area contributed by atoms with Gasteiger partial charge in [-0.1, -0.05) is 54.1 Å². The van der Waals surface area contributed by atoms with E-state index in [1.807, 2.05) is 85.5 Å². The number of carbonyl (C=O) groups is 2. The molecule has 0 saturated heterocycles. The molecule has 0 atom stereocenters. The van der Waals surface area contributed by atoms with Crippen LogP contribution in [0.25, 0.3) is 16.8 Å². The van der Waals surface area contributed by atoms with Gasteiger partial charge in [-0.3, -0.25) is 9.59 Å². The van der Waals surface area contributed by atoms with Crippen LogP contribution >= 0.6 is 0 Å². The van der Waals surface area contributed by atoms with Gasteiger partial charge in [0.15, 0.2) is 6.29 Å². The van der Waals surface area contributed by atoms with E-state index in [2.05, 4.69) is 5.10 Å². The summed E-state index contributed by atoms with van der Waals surface area (Å²) in [5, 5.41) is 4.68. The summed E-state index contributed by atoms with van der Waals surface area (Å²) >= 11 is 0. The molecule has 1 amide bonds. The fourth-order valence-electron chi connectivity index (χ4n) is 4.33. The zero-order valence-corrected chi connectivity index (χ0v) is 18.1. The summed E-state index contributed by atoms with van der Waals surface area (Å²) in [6.07, 6.45) is 1.63. The van der Waals surface area contributed by atoms with E-state index in [0.717, 1.165) is 52.0 Å². The summed E-state index contributed by atoms with van der Waals surface area (Å²) in [5.41, 5.74) is 7.91. The Morgan fingerprint density at radius 2 is 1.56 bits per heavy atom. The molecule has 3 aromatic carbocycles. The fourth-order valence-corrected chi connectivity index (χ4v) is 4.33. The number of fused-ring (bicyclic) bond motifs is 1. The van der Waals surface area contributed by atoms with Crippen molar-refractivity contribution in [2.75, 3.05) is 11.4 Å². The van der Waals surface area contributed by atoms with Gasteiger partial charge in [0.2, 0.25) is 0 Å². The van der Waals surface area contributed by atoms with Crippen molar-refractivity contribution >= 4 is 17.9 Å². The molecule has 32 heavy (non-hydrogen) atoms. The molecule has 2 heterocycles. The minimum Gasteiger partial charge on any atom is -0.307 e. The van der Waals surface area contributed by atoms with Crippen molar-refractivity contribution in [3.63, 3.8) is 0 Å². The zero-order chi connectivity index (χ0) is 22.2. The van der Waals surface area contributed by atoms with Gasteiger partial charge in [0.05, 0.1) is 11.4 Å². The molecule has 0 bridgehead atoms. The molecule has 0 N–H and O–H groups in total. The largest absolute Gasteiger partial charge is 0.307 e. The van der Waals surface area contributed by atoms with Crippen molar-refractivity contribution in [3.8, 4) is 16.8 Å². The first-order chi connectivity index (χ1) is 15.6. The molecule has 5 rings (SSSR count). The number of anilines is 1. The van der Waals surface area contributed by atoms with Gasteiger partial charge in [-0.05, 0) is 55.7 Å². The molecule has 0 radical (unpaired) electrons. The first-order valence-corrected chi connectivity index (χ1v) is 10.7. The van der Waals surface area contributed by atoms with Crippen LogP contribution < -0.4 is 4.90 Å². The summed E-state index contributed by atoms with van der Waals surface area (Å²) < 4.78 is 1.77. The minimum atomic E-state index is -0.0477. The lowest BCUT2D eigenvalue weighted by Gasteiger charge is -2.28. The third-order valence-electron chi connectivity index (χ3n) is 6.07. The maximum atomic E-state index is 13.6. The smallest absolute Gasteiger partial charge is 0.277 e. The highest BCUT2D eigenvalue weighted by Gasteiger charge is 2.32. The van der Waals surface area contributed by atoms with Crippen LogP contribution in [0.15, 0.2) is 72.8 Å². The van der Waals surface area contributed by atoms with Gasteiger partial charge in [-0.25, -0.2) is 4.68 Å². The van der Waals surface area contributed by atoms with E-state index in [-0.39, 0.29) is 5.91 Å². The Morgan fingerprint density at radius 1 is 0.875 bits per heavy atom. The molecule has 0 saturated carbocycles. The zero-order valence-electron chi connectivity index (χ0n) is 18.1. The Labute approximate surface area is 186 Å². The molecule has 0 aliphatic carbocycles. The van der Waals surface area contributed by atoms with Gasteiger partial charge in [0.1, 0.15) is 5.69 Å². The lowest BCUT2D eigenvalue weighted by Crippen LogP contribution is -2.38. The summed E-state index contributed by atoms with van der Waals surface area (Å²) in [6.45, 7) is 4.61. The SMILES string of the molecule is Cc1ccc(-n2nc(C)c3c2C(=O)N(c2ccc(-c4ccccc4C=O)cc2)CC3)cc1. The van der Waals surface area contributed by atoms with Crippen molar-refractivity contribution in [2.45, 2.75) is 20.3 Å². The molecule has 1 aromatic heterocycles. The lowest BCUT2D eigenvalue weighted by molar-refractivity contribution is 0.0972. The topological polar surface area (TPSA) is 55.2 Å². The van der Waals surface area contributed by atoms with Gasteiger partial charge in [-0.15, -0.1) is 0 Å². The van der Waals surface area contributed by atoms with Gasteiger partial charge in [-0.2, -0.15) is 5.10 Å². The van der Waals surface area contributed by atoms with Crippen LogP contribution in [0.4, 0.5) is 5.69 Å². The molecule has 0 spiro atoms. The Kier molecular flexibility index (Phi) is 4.94. The number of aryl methyl sites for hydroxylation is 2. The number of aromatic nitrogens is 2. The Balaban J connectivity index is 1.50. The number of hydrogen-bond donors (Lipinski definition) is 0. The van der Waals surface area contributed by atoms with Gasteiger partial charge < -0.3 is 4.90 Å². The molecule has 4 aromatic rings. The van der Waals surface area contributed by atoms with Crippen molar-refractivity contribution in [3.05, 3.63) is 101 Å². The maximum Gasteiger partial charge on any atom is 0.277 e. The summed E-state index contributed by atoms with van der Waals surface area (Å²) in [5.74, 6) is -0.0477. The van der Waals surface area contributed by atoms with Crippen LogP contribution in [0.1, 0.15) is 37.7 Å². The van der Waals surface area contributed by atoms with Crippen LogP contribution in [0.3, 0.4) is 0 Å². The fraction of sp³-hybridized carbons (Fsp3) is 0.148. The number of amides is 1. The Morgan fingerprint density at radius 3 is 2.28 bits per heavy atom. The molecule has 1 aliphatic rings. The quantitative estimate of drug-likeness (QED) is 0.427. The standard InChI is InChI=1S/C27H23N3O2/c1-18-7-11-23(12-8-18)30-26-24(19(2)28-30)15-16-29(27(26)32)22-13-9-20(10-14-22)25-6-4-3-5-21(25)17-31/h3-14,17H,15-16H2,1-2H3. The number of rotatable bonds is 4. The highest BCUT2D eigenvalue weighted by atomic mass is 16.2. The van der Waals surface area contributed by atoms with Crippen molar-refractivity contribution in [2.24, 2.45) is 0 Å². The van der Waals surface area contributed by atoms with Crippen LogP contribution in [-0.4, -0.2) is 28.5 Å². The number of nitrogens with zero attached hydrogens (tertiary/aromatic N) is 3. The van der Waals surface area contributed by atoms with E-state index in [1.165, 1.54) is 0 Å². The number of benzene rings is 3. The summed E-state index contributed by atoms with van der Waals surface area (Å²) in [7, 11) is 0. The van der Waals surface area contributed by atoms with E-state index < -0.39 is 0 Å². The molecular weight excluding hydrogens is 398 g/mol. The number of hydrogen-bond acceptors (Lipinski definition) is 3. The first kappa shape index (κ1) is 19.9. The highest BCUT2D eigenvalue weighted by Crippen LogP contribution is 2.30. The molecule has 5 nitrogen and oxygen atoms in total. The van der Waals surface area contributed by atoms with Gasteiger partial charge >= 0.3 is 0 Å². The average molecular weight is 422 g/mol. The predicted octanol–water partition coefficient (Wildman–Crippen LogP) is 5.17. The van der Waals surface area contributed by atoms with E-state index in [4.69, 9.17) is 0 Å². The Bertz CT molecular complexity index is 1320. The van der Waals surface area contributed by atoms with Crippen molar-refractivity contribution in [1.29, 1.82) is 0 Å². The van der Waals surface area contributed by atoms with Crippen LogP contribution in [0, 0.1) is 13.8 Å². The predicted molar refractivity (Wildman–Crippen MR) is 126 cm³/mol. The highest BCUT2D eigenvalue weighted by molar-refractivity contribution is 6.07. The molecule has 5 heteroatoms. The Hall–Kier alpha value is -3.99. The summed E-state index contributed by atoms with van der Waals surface area (Å²) in [4.78, 5) is 26.8. The first-order valence-electron chi connectivity index (χ1n) is 10.7. The normalized spacial score (nSPS) is 13.2. The molecule has 0 unspecified atom stereocenters. The van der Waals surface area contributed by atoms with Crippen LogP contribution in [0.2, 0.25) is 0 Å². The monoisotopic (exact) mass is 421 g/mol. The second-order valence-electron chi connectivity index (χ2n) is 8.12.